The summed E-state index contributed by atoms with van der Waals surface area (Å²) in [4.78, 5) is 43.1. The highest BCUT2D eigenvalue weighted by atomic mass is 16.2. The summed E-state index contributed by atoms with van der Waals surface area (Å²) in [7, 11) is 2.04. The number of piperazine rings is 1. The van der Waals surface area contributed by atoms with Gasteiger partial charge in [-0.2, -0.15) is 0 Å². The first-order chi connectivity index (χ1) is 15.5. The highest BCUT2D eigenvalue weighted by Crippen LogP contribution is 2.26. The zero-order valence-electron chi connectivity index (χ0n) is 18.7. The second kappa shape index (κ2) is 10.1. The van der Waals surface area contributed by atoms with Crippen LogP contribution in [0.1, 0.15) is 54.1 Å². The molecule has 1 unspecified atom stereocenters. The number of carbonyl (C=O) groups excluding carboxylic acids is 2. The number of amides is 2. The van der Waals surface area contributed by atoms with Crippen molar-refractivity contribution in [2.45, 2.75) is 50.7 Å². The van der Waals surface area contributed by atoms with Gasteiger partial charge in [0.25, 0.3) is 11.5 Å². The van der Waals surface area contributed by atoms with Gasteiger partial charge in [-0.3, -0.25) is 14.4 Å². The van der Waals surface area contributed by atoms with E-state index < -0.39 is 5.56 Å². The number of hydrogen-bond acceptors (Lipinski definition) is 4. The van der Waals surface area contributed by atoms with Crippen LogP contribution in [0.25, 0.3) is 0 Å². The predicted octanol–water partition coefficient (Wildman–Crippen LogP) is 2.43. The van der Waals surface area contributed by atoms with Crippen LogP contribution in [-0.2, 0) is 11.3 Å². The molecule has 0 bridgehead atoms. The van der Waals surface area contributed by atoms with Gasteiger partial charge in [0.1, 0.15) is 12.1 Å². The molecule has 1 aromatic carbocycles. The summed E-state index contributed by atoms with van der Waals surface area (Å²) in [6.45, 7) is 1.94. The Morgan fingerprint density at radius 1 is 1.00 bits per heavy atom. The number of likely N-dealkylation sites (N-methyl/N-ethyl adjacent to an activating group) is 1. The molecule has 7 nitrogen and oxygen atoms in total. The highest BCUT2D eigenvalue weighted by molar-refractivity contribution is 5.94. The molecule has 1 saturated heterocycles. The van der Waals surface area contributed by atoms with E-state index in [0.29, 0.717) is 13.1 Å². The second-order valence-electron chi connectivity index (χ2n) is 8.94. The maximum atomic E-state index is 13.5. The van der Waals surface area contributed by atoms with Gasteiger partial charge >= 0.3 is 0 Å². The Bertz CT molecular complexity index is 998. The molecule has 4 rings (SSSR count). The van der Waals surface area contributed by atoms with E-state index in [2.05, 4.69) is 10.2 Å². The Labute approximate surface area is 189 Å². The molecule has 0 radical (unpaired) electrons. The lowest BCUT2D eigenvalue weighted by atomic mass is 9.95. The minimum atomic E-state index is -0.415. The minimum Gasteiger partial charge on any atom is -0.352 e. The van der Waals surface area contributed by atoms with Gasteiger partial charge in [0.2, 0.25) is 5.91 Å². The summed E-state index contributed by atoms with van der Waals surface area (Å²) in [5.74, 6) is -0.454. The Hall–Kier alpha value is -2.93. The Kier molecular flexibility index (Phi) is 7.05. The first kappa shape index (κ1) is 22.3. The molecule has 2 aromatic rings. The summed E-state index contributed by atoms with van der Waals surface area (Å²) in [6.07, 6.45) is 7.03. The van der Waals surface area contributed by atoms with E-state index in [9.17, 15) is 14.4 Å². The lowest BCUT2D eigenvalue weighted by molar-refractivity contribution is -0.122. The SMILES string of the molecule is CN1CCN(C(=O)c2cccn(CC(=O)NC3CCCCC3)c2=O)C(c2ccccc2)C1. The van der Waals surface area contributed by atoms with Crippen molar-refractivity contribution in [3.63, 3.8) is 0 Å². The van der Waals surface area contributed by atoms with Crippen LogP contribution in [0.15, 0.2) is 53.5 Å². The zero-order valence-corrected chi connectivity index (χ0v) is 18.7. The summed E-state index contributed by atoms with van der Waals surface area (Å²) in [5, 5.41) is 3.04. The quantitative estimate of drug-likeness (QED) is 0.781. The molecule has 2 aliphatic rings. The standard InChI is InChI=1S/C25H32N4O3/c1-27-15-16-29(22(17-27)19-9-4-2-5-10-19)25(32)21-13-8-14-28(24(21)31)18-23(30)26-20-11-6-3-7-12-20/h2,4-5,8-10,13-14,20,22H,3,6-7,11-12,15-18H2,1H3,(H,26,30). The maximum absolute atomic E-state index is 13.5. The topological polar surface area (TPSA) is 74.7 Å². The van der Waals surface area contributed by atoms with Gasteiger partial charge in [-0.1, -0.05) is 49.6 Å². The van der Waals surface area contributed by atoms with Crippen LogP contribution < -0.4 is 10.9 Å². The van der Waals surface area contributed by atoms with Crippen molar-refractivity contribution in [2.24, 2.45) is 0 Å². The van der Waals surface area contributed by atoms with Crippen molar-refractivity contribution in [2.75, 3.05) is 26.7 Å². The normalized spacial score (nSPS) is 20.2. The number of hydrogen-bond donors (Lipinski definition) is 1. The first-order valence-corrected chi connectivity index (χ1v) is 11.6. The number of benzene rings is 1. The molecule has 2 amide bonds. The van der Waals surface area contributed by atoms with E-state index in [4.69, 9.17) is 0 Å². The first-order valence-electron chi connectivity index (χ1n) is 11.6. The molecule has 2 heterocycles. The Morgan fingerprint density at radius 3 is 2.50 bits per heavy atom. The molecular formula is C25H32N4O3. The van der Waals surface area contributed by atoms with Crippen LogP contribution in [0.2, 0.25) is 0 Å². The Balaban J connectivity index is 1.52. The summed E-state index contributed by atoms with van der Waals surface area (Å²) in [6, 6.07) is 13.2. The number of nitrogens with zero attached hydrogens (tertiary/aromatic N) is 3. The van der Waals surface area contributed by atoms with Gasteiger partial charge in [0.05, 0.1) is 6.04 Å². The number of rotatable bonds is 5. The van der Waals surface area contributed by atoms with Gasteiger partial charge in [-0.15, -0.1) is 0 Å². The lowest BCUT2D eigenvalue weighted by Crippen LogP contribution is -2.50. The fourth-order valence-corrected chi connectivity index (χ4v) is 4.78. The monoisotopic (exact) mass is 436 g/mol. The lowest BCUT2D eigenvalue weighted by Gasteiger charge is -2.40. The molecule has 1 saturated carbocycles. The third kappa shape index (κ3) is 5.10. The van der Waals surface area contributed by atoms with Crippen LogP contribution >= 0.6 is 0 Å². The van der Waals surface area contributed by atoms with Crippen molar-refractivity contribution in [3.8, 4) is 0 Å². The average molecular weight is 437 g/mol. The van der Waals surface area contributed by atoms with Crippen LogP contribution in [0.3, 0.4) is 0 Å². The van der Waals surface area contributed by atoms with Crippen molar-refractivity contribution < 1.29 is 9.59 Å². The average Bonchev–Trinajstić information content (AvgIpc) is 2.81. The van der Waals surface area contributed by atoms with E-state index in [-0.39, 0.29) is 36.0 Å². The number of aromatic nitrogens is 1. The molecular weight excluding hydrogens is 404 g/mol. The molecule has 1 aliphatic carbocycles. The summed E-state index contributed by atoms with van der Waals surface area (Å²) >= 11 is 0. The Morgan fingerprint density at radius 2 is 1.75 bits per heavy atom. The minimum absolute atomic E-state index is 0.0681. The summed E-state index contributed by atoms with van der Waals surface area (Å²) < 4.78 is 1.35. The predicted molar refractivity (Wildman–Crippen MR) is 123 cm³/mol. The zero-order chi connectivity index (χ0) is 22.5. The van der Waals surface area contributed by atoms with Gasteiger partial charge in [-0.05, 0) is 37.6 Å². The third-order valence-electron chi connectivity index (χ3n) is 6.56. The molecule has 1 aromatic heterocycles. The van der Waals surface area contributed by atoms with Crippen molar-refractivity contribution >= 4 is 11.8 Å². The third-order valence-corrected chi connectivity index (χ3v) is 6.56. The highest BCUT2D eigenvalue weighted by Gasteiger charge is 2.32. The van der Waals surface area contributed by atoms with E-state index in [1.54, 1.807) is 23.2 Å². The van der Waals surface area contributed by atoms with Crippen LogP contribution in [0.4, 0.5) is 0 Å². The van der Waals surface area contributed by atoms with Crippen LogP contribution in [-0.4, -0.2) is 58.9 Å². The molecule has 1 aliphatic heterocycles. The largest absolute Gasteiger partial charge is 0.352 e. The molecule has 170 valence electrons. The molecule has 32 heavy (non-hydrogen) atoms. The smallest absolute Gasteiger partial charge is 0.263 e. The maximum Gasteiger partial charge on any atom is 0.263 e. The second-order valence-corrected chi connectivity index (χ2v) is 8.94. The molecule has 0 spiro atoms. The van der Waals surface area contributed by atoms with E-state index >= 15 is 0 Å². The molecule has 1 atom stereocenters. The van der Waals surface area contributed by atoms with Crippen molar-refractivity contribution in [1.29, 1.82) is 0 Å². The van der Waals surface area contributed by atoms with Gasteiger partial charge in [-0.25, -0.2) is 0 Å². The number of nitrogens with one attached hydrogen (secondary N) is 1. The number of carbonyl (C=O) groups is 2. The molecule has 7 heteroatoms. The van der Waals surface area contributed by atoms with Crippen LogP contribution in [0, 0.1) is 0 Å². The molecule has 2 fully saturated rings. The van der Waals surface area contributed by atoms with E-state index in [1.807, 2.05) is 37.4 Å². The van der Waals surface area contributed by atoms with Crippen LogP contribution in [0.5, 0.6) is 0 Å². The molecule has 1 N–H and O–H groups in total. The van der Waals surface area contributed by atoms with Gasteiger partial charge in [0, 0.05) is 31.9 Å². The fraction of sp³-hybridized carbons (Fsp3) is 0.480. The van der Waals surface area contributed by atoms with E-state index in [1.165, 1.54) is 11.0 Å². The fourth-order valence-electron chi connectivity index (χ4n) is 4.78. The van der Waals surface area contributed by atoms with Crippen molar-refractivity contribution in [3.05, 3.63) is 70.1 Å². The summed E-state index contributed by atoms with van der Waals surface area (Å²) in [5.41, 5.74) is 0.751. The number of pyridine rings is 1. The van der Waals surface area contributed by atoms with Crippen molar-refractivity contribution in [1.82, 2.24) is 19.7 Å². The van der Waals surface area contributed by atoms with E-state index in [0.717, 1.165) is 37.8 Å². The van der Waals surface area contributed by atoms with Gasteiger partial charge in [0.15, 0.2) is 0 Å². The van der Waals surface area contributed by atoms with Gasteiger partial charge < -0.3 is 19.7 Å².